The van der Waals surface area contributed by atoms with Crippen LogP contribution in [-0.4, -0.2) is 26.5 Å². The summed E-state index contributed by atoms with van der Waals surface area (Å²) in [5.74, 6) is -0.641. The van der Waals surface area contributed by atoms with Gasteiger partial charge in [-0.2, -0.15) is 0 Å². The molecule has 1 aromatic heterocycles. The summed E-state index contributed by atoms with van der Waals surface area (Å²) in [6.45, 7) is 1.71. The molecule has 0 radical (unpaired) electrons. The Morgan fingerprint density at radius 3 is 2.59 bits per heavy atom. The zero-order valence-corrected chi connectivity index (χ0v) is 13.0. The second kappa shape index (κ2) is 6.48. The molecular weight excluding hydrogens is 304 g/mol. The van der Waals surface area contributed by atoms with Gasteiger partial charge in [-0.15, -0.1) is 0 Å². The maximum Gasteiger partial charge on any atom is 0.356 e. The van der Waals surface area contributed by atoms with E-state index in [1.165, 1.54) is 19.3 Å². The topological polar surface area (TPSA) is 88.3 Å². The van der Waals surface area contributed by atoms with Gasteiger partial charge in [0.2, 0.25) is 0 Å². The van der Waals surface area contributed by atoms with Crippen molar-refractivity contribution in [2.45, 2.75) is 6.92 Å². The van der Waals surface area contributed by atoms with E-state index in [4.69, 9.17) is 0 Å². The monoisotopic (exact) mass is 320 g/mol. The van der Waals surface area contributed by atoms with Crippen LogP contribution >= 0.6 is 0 Å². The van der Waals surface area contributed by atoms with Crippen LogP contribution in [0.3, 0.4) is 0 Å². The maximum absolute atomic E-state index is 12.1. The highest BCUT2D eigenvalue weighted by atomic mass is 32.2. The third-order valence-electron chi connectivity index (χ3n) is 2.83. The van der Waals surface area contributed by atoms with Gasteiger partial charge in [0, 0.05) is 5.69 Å². The minimum Gasteiger partial charge on any atom is -0.464 e. The Bertz CT molecular complexity index is 792. The molecule has 0 aliphatic rings. The molecule has 0 aliphatic carbocycles. The highest BCUT2D eigenvalue weighted by molar-refractivity contribution is 7.95. The second-order valence-electron chi connectivity index (χ2n) is 4.59. The fraction of sp³-hybridized carbons (Fsp3) is 0.133. The molecule has 2 N–H and O–H groups in total. The van der Waals surface area contributed by atoms with Gasteiger partial charge >= 0.3 is 5.97 Å². The van der Waals surface area contributed by atoms with E-state index in [-0.39, 0.29) is 11.4 Å². The third kappa shape index (κ3) is 3.98. The van der Waals surface area contributed by atoms with Crippen molar-refractivity contribution < 1.29 is 17.9 Å². The number of carbonyl (C=O) groups excluding carboxylic acids is 1. The van der Waals surface area contributed by atoms with Gasteiger partial charge in [-0.25, -0.2) is 13.2 Å². The predicted octanol–water partition coefficient (Wildman–Crippen LogP) is 2.52. The normalized spacial score (nSPS) is 11.5. The Balaban J connectivity index is 2.23. The van der Waals surface area contributed by atoms with E-state index >= 15 is 0 Å². The van der Waals surface area contributed by atoms with Crippen LogP contribution in [-0.2, 0) is 14.8 Å². The third-order valence-corrected chi connectivity index (χ3v) is 3.83. The van der Waals surface area contributed by atoms with Crippen LogP contribution in [0.1, 0.15) is 21.7 Å². The molecule has 0 fully saturated rings. The molecule has 0 aliphatic heterocycles. The smallest absolute Gasteiger partial charge is 0.356 e. The number of anilines is 1. The lowest BCUT2D eigenvalue weighted by molar-refractivity contribution is 0.0596. The molecule has 2 aromatic rings. The first-order chi connectivity index (χ1) is 10.4. The summed E-state index contributed by atoms with van der Waals surface area (Å²) in [5, 5.41) is 1.05. The fourth-order valence-corrected chi connectivity index (χ4v) is 2.72. The van der Waals surface area contributed by atoms with Gasteiger partial charge in [0.25, 0.3) is 10.0 Å². The van der Waals surface area contributed by atoms with Gasteiger partial charge in [-0.1, -0.05) is 30.3 Å². The summed E-state index contributed by atoms with van der Waals surface area (Å²) in [7, 11) is -2.51. The number of aromatic nitrogens is 1. The Morgan fingerprint density at radius 2 is 1.95 bits per heavy atom. The first-order valence-electron chi connectivity index (χ1n) is 6.45. The molecule has 0 amide bonds. The van der Waals surface area contributed by atoms with Crippen molar-refractivity contribution >= 4 is 27.8 Å². The number of benzene rings is 1. The number of hydrogen-bond donors (Lipinski definition) is 2. The fourth-order valence-electron chi connectivity index (χ4n) is 1.85. The highest BCUT2D eigenvalue weighted by Gasteiger charge is 2.18. The van der Waals surface area contributed by atoms with Crippen LogP contribution in [0.2, 0.25) is 0 Å². The summed E-state index contributed by atoms with van der Waals surface area (Å²) in [4.78, 5) is 14.4. The van der Waals surface area contributed by atoms with Crippen molar-refractivity contribution in [1.82, 2.24) is 4.98 Å². The van der Waals surface area contributed by atoms with Gasteiger partial charge in [0.05, 0.1) is 18.2 Å². The number of esters is 1. The lowest BCUT2D eigenvalue weighted by Crippen LogP contribution is -2.12. The van der Waals surface area contributed by atoms with Gasteiger partial charge in [0.1, 0.15) is 5.69 Å². The van der Waals surface area contributed by atoms with Gasteiger partial charge in [-0.05, 0) is 24.6 Å². The number of methoxy groups -OCH3 is 1. The Kier molecular flexibility index (Phi) is 4.67. The summed E-state index contributed by atoms with van der Waals surface area (Å²) in [6, 6.07) is 10.6. The SMILES string of the molecule is COC(=O)c1[nH]c(C)cc1NS(=O)(=O)C=Cc1ccccc1. The number of aromatic amines is 1. The number of H-pyrrole nitrogens is 1. The number of nitrogens with one attached hydrogen (secondary N) is 2. The average Bonchev–Trinajstić information content (AvgIpc) is 2.85. The molecule has 0 unspecified atom stereocenters. The van der Waals surface area contributed by atoms with E-state index in [1.54, 1.807) is 19.1 Å². The molecule has 116 valence electrons. The number of carbonyl (C=O) groups is 1. The Hall–Kier alpha value is -2.54. The van der Waals surface area contributed by atoms with Crippen molar-refractivity contribution in [2.75, 3.05) is 11.8 Å². The van der Waals surface area contributed by atoms with Crippen LogP contribution < -0.4 is 4.72 Å². The van der Waals surface area contributed by atoms with E-state index in [0.717, 1.165) is 11.0 Å². The Labute approximate surface area is 128 Å². The van der Waals surface area contributed by atoms with E-state index in [1.807, 2.05) is 18.2 Å². The van der Waals surface area contributed by atoms with Crippen molar-refractivity contribution in [3.8, 4) is 0 Å². The Morgan fingerprint density at radius 1 is 1.27 bits per heavy atom. The van der Waals surface area contributed by atoms with Crippen molar-refractivity contribution in [3.05, 3.63) is 58.8 Å². The zero-order valence-electron chi connectivity index (χ0n) is 12.2. The molecule has 0 atom stereocenters. The standard InChI is InChI=1S/C15H16N2O4S/c1-11-10-13(14(16-11)15(18)21-2)17-22(19,20)9-8-12-6-4-3-5-7-12/h3-10,16-17H,1-2H3. The molecule has 0 bridgehead atoms. The average molecular weight is 320 g/mol. The molecule has 22 heavy (non-hydrogen) atoms. The van der Waals surface area contributed by atoms with Crippen LogP contribution in [0.15, 0.2) is 41.8 Å². The van der Waals surface area contributed by atoms with E-state index < -0.39 is 16.0 Å². The van der Waals surface area contributed by atoms with E-state index in [2.05, 4.69) is 14.4 Å². The van der Waals surface area contributed by atoms with Crippen LogP contribution in [0.5, 0.6) is 0 Å². The van der Waals surface area contributed by atoms with Crippen molar-refractivity contribution in [3.63, 3.8) is 0 Å². The van der Waals surface area contributed by atoms with Crippen molar-refractivity contribution in [2.24, 2.45) is 0 Å². The van der Waals surface area contributed by atoms with Gasteiger partial charge in [0.15, 0.2) is 0 Å². The largest absolute Gasteiger partial charge is 0.464 e. The maximum atomic E-state index is 12.1. The minimum absolute atomic E-state index is 0.0664. The first-order valence-corrected chi connectivity index (χ1v) is 8.00. The van der Waals surface area contributed by atoms with E-state index in [9.17, 15) is 13.2 Å². The van der Waals surface area contributed by atoms with Gasteiger partial charge < -0.3 is 9.72 Å². The van der Waals surface area contributed by atoms with E-state index in [0.29, 0.717) is 5.69 Å². The van der Waals surface area contributed by atoms with Crippen LogP contribution in [0.25, 0.3) is 6.08 Å². The summed E-state index contributed by atoms with van der Waals surface area (Å²) < 4.78 is 31.1. The van der Waals surface area contributed by atoms with Crippen LogP contribution in [0, 0.1) is 6.92 Å². The lowest BCUT2D eigenvalue weighted by Gasteiger charge is -2.04. The second-order valence-corrected chi connectivity index (χ2v) is 6.16. The molecule has 1 heterocycles. The van der Waals surface area contributed by atoms with Crippen LogP contribution in [0.4, 0.5) is 5.69 Å². The molecule has 0 saturated carbocycles. The minimum atomic E-state index is -3.74. The molecule has 6 nitrogen and oxygen atoms in total. The van der Waals surface area contributed by atoms with Gasteiger partial charge in [-0.3, -0.25) is 4.72 Å². The molecule has 2 rings (SSSR count). The molecular formula is C15H16N2O4S. The number of hydrogen-bond acceptors (Lipinski definition) is 4. The number of sulfonamides is 1. The quantitative estimate of drug-likeness (QED) is 0.829. The number of rotatable bonds is 5. The van der Waals surface area contributed by atoms with Crippen molar-refractivity contribution in [1.29, 1.82) is 0 Å². The highest BCUT2D eigenvalue weighted by Crippen LogP contribution is 2.19. The number of aryl methyl sites for hydroxylation is 1. The molecule has 0 saturated heterocycles. The molecule has 0 spiro atoms. The zero-order chi connectivity index (χ0) is 16.2. The summed E-state index contributed by atoms with van der Waals surface area (Å²) >= 11 is 0. The molecule has 7 heteroatoms. The summed E-state index contributed by atoms with van der Waals surface area (Å²) in [6.07, 6.45) is 1.47. The lowest BCUT2D eigenvalue weighted by atomic mass is 10.2. The first kappa shape index (κ1) is 15.8. The molecule has 1 aromatic carbocycles. The number of ether oxygens (including phenoxy) is 1. The summed E-state index contributed by atoms with van der Waals surface area (Å²) in [5.41, 5.74) is 1.62. The predicted molar refractivity (Wildman–Crippen MR) is 84.9 cm³/mol.